The minimum atomic E-state index is 0.268. The van der Waals surface area contributed by atoms with Gasteiger partial charge < -0.3 is 4.90 Å². The van der Waals surface area contributed by atoms with Crippen molar-refractivity contribution in [3.63, 3.8) is 0 Å². The van der Waals surface area contributed by atoms with E-state index >= 15 is 0 Å². The van der Waals surface area contributed by atoms with E-state index in [9.17, 15) is 4.79 Å². The summed E-state index contributed by atoms with van der Waals surface area (Å²) in [7, 11) is 0. The largest absolute Gasteiger partial charge is 0.319 e. The molecule has 1 rings (SSSR count). The van der Waals surface area contributed by atoms with Crippen LogP contribution in [0.2, 0.25) is 0 Å². The first-order chi connectivity index (χ1) is 4.84. The normalized spacial score (nSPS) is 18.1. The van der Waals surface area contributed by atoms with Gasteiger partial charge in [-0.3, -0.25) is 4.79 Å². The maximum Gasteiger partial charge on any atom is 0.226 e. The molecular weight excluding hydrogens is 126 g/mol. The Balaban J connectivity index is 2.47. The Morgan fingerprint density at radius 1 is 1.70 bits per heavy atom. The summed E-state index contributed by atoms with van der Waals surface area (Å²) < 4.78 is 0. The average Bonchev–Trinajstić information content (AvgIpc) is 1.94. The van der Waals surface area contributed by atoms with Crippen molar-refractivity contribution >= 4 is 5.91 Å². The number of carbonyl (C=O) groups excluding carboxylic acids is 1. The summed E-state index contributed by atoms with van der Waals surface area (Å²) in [5, 5.41) is 0. The lowest BCUT2D eigenvalue weighted by molar-refractivity contribution is -0.129. The molecule has 0 aliphatic carbocycles. The molecule has 0 aromatic rings. The molecule has 2 nitrogen and oxygen atoms in total. The highest BCUT2D eigenvalue weighted by Gasteiger charge is 2.11. The zero-order valence-electron chi connectivity index (χ0n) is 6.34. The molecule has 0 fully saturated rings. The Labute approximate surface area is 61.5 Å². The Kier molecular flexibility index (Phi) is 2.49. The van der Waals surface area contributed by atoms with E-state index in [2.05, 4.69) is 13.0 Å². The van der Waals surface area contributed by atoms with E-state index in [1.54, 1.807) is 4.90 Å². The maximum atomic E-state index is 11.1. The van der Waals surface area contributed by atoms with Gasteiger partial charge in [0.25, 0.3) is 0 Å². The van der Waals surface area contributed by atoms with Gasteiger partial charge in [-0.1, -0.05) is 13.0 Å². The molecule has 0 saturated carbocycles. The van der Waals surface area contributed by atoms with Crippen LogP contribution in [0.25, 0.3) is 0 Å². The number of hydrogen-bond acceptors (Lipinski definition) is 1. The molecule has 0 aromatic carbocycles. The molecule has 56 valence electrons. The highest BCUT2D eigenvalue weighted by molar-refractivity contribution is 5.78. The van der Waals surface area contributed by atoms with Crippen LogP contribution in [0.1, 0.15) is 26.2 Å². The van der Waals surface area contributed by atoms with E-state index in [0.717, 1.165) is 19.4 Å². The first-order valence-corrected chi connectivity index (χ1v) is 3.80. The molecule has 1 amide bonds. The molecule has 2 heteroatoms. The van der Waals surface area contributed by atoms with Crippen molar-refractivity contribution < 1.29 is 4.79 Å². The highest BCUT2D eigenvalue weighted by Crippen LogP contribution is 2.07. The van der Waals surface area contributed by atoms with E-state index in [1.807, 2.05) is 6.20 Å². The molecule has 1 aliphatic heterocycles. The lowest BCUT2D eigenvalue weighted by atomic mass is 10.2. The Morgan fingerprint density at radius 3 is 3.10 bits per heavy atom. The lowest BCUT2D eigenvalue weighted by Gasteiger charge is -2.20. The molecule has 10 heavy (non-hydrogen) atoms. The molecule has 0 spiro atoms. The van der Waals surface area contributed by atoms with Gasteiger partial charge in [-0.2, -0.15) is 0 Å². The van der Waals surface area contributed by atoms with Gasteiger partial charge in [0.15, 0.2) is 0 Å². The second kappa shape index (κ2) is 3.40. The van der Waals surface area contributed by atoms with Crippen LogP contribution >= 0.6 is 0 Å². The number of nitrogens with zero attached hydrogens (tertiary/aromatic N) is 1. The van der Waals surface area contributed by atoms with Crippen molar-refractivity contribution in [2.45, 2.75) is 26.2 Å². The van der Waals surface area contributed by atoms with E-state index in [0.29, 0.717) is 6.42 Å². The van der Waals surface area contributed by atoms with Gasteiger partial charge in [0.1, 0.15) is 0 Å². The van der Waals surface area contributed by atoms with Crippen LogP contribution in [0.4, 0.5) is 0 Å². The highest BCUT2D eigenvalue weighted by atomic mass is 16.2. The van der Waals surface area contributed by atoms with Crippen molar-refractivity contribution in [3.8, 4) is 0 Å². The van der Waals surface area contributed by atoms with Crippen molar-refractivity contribution in [3.05, 3.63) is 12.3 Å². The predicted octanol–water partition coefficient (Wildman–Crippen LogP) is 1.53. The third kappa shape index (κ3) is 1.59. The Hall–Kier alpha value is -0.790. The zero-order valence-corrected chi connectivity index (χ0v) is 6.34. The fraction of sp³-hybridized carbons (Fsp3) is 0.625. The summed E-state index contributed by atoms with van der Waals surface area (Å²) in [6.07, 6.45) is 6.60. The summed E-state index contributed by atoms with van der Waals surface area (Å²) >= 11 is 0. The predicted molar refractivity (Wildman–Crippen MR) is 40.4 cm³/mol. The fourth-order valence-corrected chi connectivity index (χ4v) is 1.08. The summed E-state index contributed by atoms with van der Waals surface area (Å²) in [5.41, 5.74) is 0. The summed E-state index contributed by atoms with van der Waals surface area (Å²) in [6.45, 7) is 2.95. The first-order valence-electron chi connectivity index (χ1n) is 3.80. The lowest BCUT2D eigenvalue weighted by Crippen LogP contribution is -2.28. The molecule has 1 heterocycles. The van der Waals surface area contributed by atoms with Crippen LogP contribution in [0.15, 0.2) is 12.3 Å². The number of hydrogen-bond donors (Lipinski definition) is 0. The smallest absolute Gasteiger partial charge is 0.226 e. The third-order valence-corrected chi connectivity index (χ3v) is 1.60. The van der Waals surface area contributed by atoms with Gasteiger partial charge >= 0.3 is 0 Å². The molecule has 0 aromatic heterocycles. The van der Waals surface area contributed by atoms with E-state index < -0.39 is 0 Å². The minimum Gasteiger partial charge on any atom is -0.319 e. The van der Waals surface area contributed by atoms with Gasteiger partial charge in [0.05, 0.1) is 0 Å². The van der Waals surface area contributed by atoms with Crippen molar-refractivity contribution in [2.24, 2.45) is 0 Å². The summed E-state index contributed by atoms with van der Waals surface area (Å²) in [6, 6.07) is 0. The summed E-state index contributed by atoms with van der Waals surface area (Å²) in [5.74, 6) is 0.268. The fourth-order valence-electron chi connectivity index (χ4n) is 1.08. The van der Waals surface area contributed by atoms with Crippen molar-refractivity contribution in [1.82, 2.24) is 4.90 Å². The SMILES string of the molecule is CCCN1C=CCCC1=O. The number of amides is 1. The van der Waals surface area contributed by atoms with Crippen molar-refractivity contribution in [1.29, 1.82) is 0 Å². The molecule has 0 atom stereocenters. The Morgan fingerprint density at radius 2 is 2.50 bits per heavy atom. The van der Waals surface area contributed by atoms with Crippen LogP contribution in [-0.4, -0.2) is 17.4 Å². The minimum absolute atomic E-state index is 0.268. The van der Waals surface area contributed by atoms with Crippen molar-refractivity contribution in [2.75, 3.05) is 6.54 Å². The van der Waals surface area contributed by atoms with Crippen LogP contribution < -0.4 is 0 Å². The molecular formula is C8H13NO. The molecule has 0 N–H and O–H groups in total. The van der Waals surface area contributed by atoms with Crippen LogP contribution in [-0.2, 0) is 4.79 Å². The van der Waals surface area contributed by atoms with Gasteiger partial charge in [0, 0.05) is 19.2 Å². The standard InChI is InChI=1S/C8H13NO/c1-2-6-9-7-4-3-5-8(9)10/h4,7H,2-3,5-6H2,1H3. The topological polar surface area (TPSA) is 20.3 Å². The number of rotatable bonds is 2. The molecule has 1 aliphatic rings. The zero-order chi connectivity index (χ0) is 7.40. The van der Waals surface area contributed by atoms with E-state index in [1.165, 1.54) is 0 Å². The van der Waals surface area contributed by atoms with Gasteiger partial charge in [0.2, 0.25) is 5.91 Å². The maximum absolute atomic E-state index is 11.1. The molecule has 0 saturated heterocycles. The monoisotopic (exact) mass is 139 g/mol. The van der Waals surface area contributed by atoms with Gasteiger partial charge in [-0.25, -0.2) is 0 Å². The molecule has 0 bridgehead atoms. The molecule has 0 radical (unpaired) electrons. The van der Waals surface area contributed by atoms with E-state index in [-0.39, 0.29) is 5.91 Å². The van der Waals surface area contributed by atoms with E-state index in [4.69, 9.17) is 0 Å². The second-order valence-electron chi connectivity index (χ2n) is 2.51. The second-order valence-corrected chi connectivity index (χ2v) is 2.51. The average molecular weight is 139 g/mol. The van der Waals surface area contributed by atoms with Crippen LogP contribution in [0.5, 0.6) is 0 Å². The van der Waals surface area contributed by atoms with Gasteiger partial charge in [-0.15, -0.1) is 0 Å². The van der Waals surface area contributed by atoms with Gasteiger partial charge in [-0.05, 0) is 12.8 Å². The molecule has 0 unspecified atom stereocenters. The first kappa shape index (κ1) is 7.32. The Bertz CT molecular complexity index is 151. The quantitative estimate of drug-likeness (QED) is 0.568. The van der Waals surface area contributed by atoms with Crippen LogP contribution in [0.3, 0.4) is 0 Å². The number of carbonyl (C=O) groups is 1. The summed E-state index contributed by atoms with van der Waals surface area (Å²) in [4.78, 5) is 12.9. The van der Waals surface area contributed by atoms with Crippen LogP contribution in [0, 0.1) is 0 Å². The number of allylic oxidation sites excluding steroid dienone is 1. The third-order valence-electron chi connectivity index (χ3n) is 1.60.